The molecule has 0 unspecified atom stereocenters. The molecule has 0 radical (unpaired) electrons. The van der Waals surface area contributed by atoms with Gasteiger partial charge in [0.15, 0.2) is 0 Å². The van der Waals surface area contributed by atoms with Crippen molar-refractivity contribution in [3.63, 3.8) is 0 Å². The van der Waals surface area contributed by atoms with Crippen LogP contribution in [0.2, 0.25) is 0 Å². The normalized spacial score (nSPS) is 19.6. The Labute approximate surface area is 222 Å². The number of anilines is 2. The maximum Gasteiger partial charge on any atom is 0.260 e. The van der Waals surface area contributed by atoms with Crippen LogP contribution in [0, 0.1) is 0 Å². The molecule has 6 rings (SSSR count). The van der Waals surface area contributed by atoms with E-state index in [1.807, 2.05) is 36.5 Å². The SMILES string of the molecule is CN1CCN(c2ccc(N/C=C3\C(=O)NC(=O)c4ccc(-c5coc(CN6CCCC6)c5)cc43)nc2)CC1. The third-order valence-electron chi connectivity index (χ3n) is 7.57. The van der Waals surface area contributed by atoms with Gasteiger partial charge < -0.3 is 19.5 Å². The van der Waals surface area contributed by atoms with Crippen LogP contribution in [0.15, 0.2) is 59.5 Å². The van der Waals surface area contributed by atoms with Crippen LogP contribution in [0.4, 0.5) is 11.5 Å². The largest absolute Gasteiger partial charge is 0.467 e. The maximum atomic E-state index is 12.8. The number of likely N-dealkylation sites (tertiary alicyclic amines) is 1. The van der Waals surface area contributed by atoms with E-state index in [9.17, 15) is 9.59 Å². The average molecular weight is 513 g/mol. The van der Waals surface area contributed by atoms with Gasteiger partial charge in [0, 0.05) is 49.1 Å². The molecule has 196 valence electrons. The molecule has 3 aromatic rings. The van der Waals surface area contributed by atoms with Gasteiger partial charge in [-0.15, -0.1) is 0 Å². The number of nitrogens with zero attached hydrogens (tertiary/aromatic N) is 4. The number of amides is 2. The number of rotatable bonds is 6. The van der Waals surface area contributed by atoms with Crippen molar-refractivity contribution >= 4 is 28.9 Å². The van der Waals surface area contributed by atoms with Crippen molar-refractivity contribution in [3.05, 3.63) is 71.9 Å². The van der Waals surface area contributed by atoms with E-state index in [2.05, 4.69) is 37.4 Å². The summed E-state index contributed by atoms with van der Waals surface area (Å²) in [6.07, 6.45) is 7.67. The Morgan fingerprint density at radius 2 is 1.76 bits per heavy atom. The van der Waals surface area contributed by atoms with E-state index in [4.69, 9.17) is 4.42 Å². The Hall–Kier alpha value is -3.95. The third-order valence-corrected chi connectivity index (χ3v) is 7.57. The van der Waals surface area contributed by atoms with Gasteiger partial charge in [-0.3, -0.25) is 19.8 Å². The first-order valence-corrected chi connectivity index (χ1v) is 13.2. The number of furan rings is 1. The molecule has 5 heterocycles. The molecule has 0 atom stereocenters. The second-order valence-electron chi connectivity index (χ2n) is 10.2. The number of imide groups is 1. The minimum Gasteiger partial charge on any atom is -0.467 e. The lowest BCUT2D eigenvalue weighted by atomic mass is 9.92. The van der Waals surface area contributed by atoms with Crippen molar-refractivity contribution in [2.45, 2.75) is 19.4 Å². The molecule has 2 aromatic heterocycles. The van der Waals surface area contributed by atoms with Crippen LogP contribution >= 0.6 is 0 Å². The fourth-order valence-corrected chi connectivity index (χ4v) is 5.29. The molecule has 0 saturated carbocycles. The molecule has 2 amide bonds. The summed E-state index contributed by atoms with van der Waals surface area (Å²) in [6, 6.07) is 11.5. The second-order valence-corrected chi connectivity index (χ2v) is 10.2. The Morgan fingerprint density at radius 1 is 0.947 bits per heavy atom. The highest BCUT2D eigenvalue weighted by Crippen LogP contribution is 2.31. The minimum atomic E-state index is -0.442. The van der Waals surface area contributed by atoms with Crippen LogP contribution in [0.25, 0.3) is 16.7 Å². The summed E-state index contributed by atoms with van der Waals surface area (Å²) >= 11 is 0. The van der Waals surface area contributed by atoms with E-state index in [0.717, 1.165) is 68.4 Å². The van der Waals surface area contributed by atoms with Crippen molar-refractivity contribution in [1.82, 2.24) is 20.1 Å². The lowest BCUT2D eigenvalue weighted by Gasteiger charge is -2.33. The summed E-state index contributed by atoms with van der Waals surface area (Å²) in [5, 5.41) is 5.59. The molecular formula is C29H32N6O3. The molecule has 0 aliphatic carbocycles. The first-order chi connectivity index (χ1) is 18.5. The number of pyridine rings is 1. The number of carbonyl (C=O) groups excluding carboxylic acids is 2. The number of piperazine rings is 1. The molecule has 2 fully saturated rings. The summed E-state index contributed by atoms with van der Waals surface area (Å²) in [5.41, 5.74) is 4.32. The van der Waals surface area contributed by atoms with Crippen molar-refractivity contribution in [3.8, 4) is 11.1 Å². The topological polar surface area (TPSA) is 94.0 Å². The number of hydrogen-bond acceptors (Lipinski definition) is 8. The first-order valence-electron chi connectivity index (χ1n) is 13.2. The van der Waals surface area contributed by atoms with Gasteiger partial charge in [0.25, 0.3) is 11.8 Å². The van der Waals surface area contributed by atoms with Gasteiger partial charge in [-0.25, -0.2) is 4.98 Å². The number of nitrogens with one attached hydrogen (secondary N) is 2. The van der Waals surface area contributed by atoms with Crippen molar-refractivity contribution in [2.75, 3.05) is 56.5 Å². The minimum absolute atomic E-state index is 0.382. The van der Waals surface area contributed by atoms with E-state index in [0.29, 0.717) is 22.5 Å². The average Bonchev–Trinajstić information content (AvgIpc) is 3.62. The Morgan fingerprint density at radius 3 is 2.53 bits per heavy atom. The summed E-state index contributed by atoms with van der Waals surface area (Å²) < 4.78 is 5.83. The van der Waals surface area contributed by atoms with E-state index < -0.39 is 11.8 Å². The van der Waals surface area contributed by atoms with Gasteiger partial charge in [-0.1, -0.05) is 6.07 Å². The molecule has 2 N–H and O–H groups in total. The predicted molar refractivity (Wildman–Crippen MR) is 147 cm³/mol. The number of aromatic nitrogens is 1. The number of fused-ring (bicyclic) bond motifs is 1. The lowest BCUT2D eigenvalue weighted by molar-refractivity contribution is -0.114. The molecule has 3 aliphatic heterocycles. The second kappa shape index (κ2) is 10.4. The Kier molecular flexibility index (Phi) is 6.70. The van der Waals surface area contributed by atoms with Gasteiger partial charge in [0.05, 0.1) is 30.3 Å². The number of hydrogen-bond donors (Lipinski definition) is 2. The highest BCUT2D eigenvalue weighted by Gasteiger charge is 2.28. The van der Waals surface area contributed by atoms with Gasteiger partial charge in [0.2, 0.25) is 0 Å². The standard InChI is InChI=1S/C29H32N6O3/c1-33-10-12-35(13-11-33)22-5-7-27(30-16-22)31-17-26-25-15-20(4-6-24(25)28(36)32-29(26)37)21-14-23(38-19-21)18-34-8-2-3-9-34/h4-7,14-17,19H,2-3,8-13,18H2,1H3,(H,30,31)(H,32,36,37)/b26-17-. The van der Waals surface area contributed by atoms with Crippen LogP contribution < -0.4 is 15.5 Å². The summed E-state index contributed by atoms with van der Waals surface area (Å²) in [4.78, 5) is 36.9. The summed E-state index contributed by atoms with van der Waals surface area (Å²) in [5.74, 6) is 0.699. The van der Waals surface area contributed by atoms with Gasteiger partial charge in [-0.05, 0) is 68.9 Å². The molecule has 9 nitrogen and oxygen atoms in total. The molecule has 0 bridgehead atoms. The molecule has 1 aromatic carbocycles. The molecule has 9 heteroatoms. The van der Waals surface area contributed by atoms with Crippen LogP contribution in [-0.4, -0.2) is 72.9 Å². The van der Waals surface area contributed by atoms with Crippen molar-refractivity contribution in [2.24, 2.45) is 0 Å². The fraction of sp³-hybridized carbons (Fsp3) is 0.345. The Balaban J connectivity index is 1.22. The summed E-state index contributed by atoms with van der Waals surface area (Å²) in [6.45, 7) is 6.99. The smallest absolute Gasteiger partial charge is 0.260 e. The quantitative estimate of drug-likeness (QED) is 0.383. The summed E-state index contributed by atoms with van der Waals surface area (Å²) in [7, 11) is 2.13. The van der Waals surface area contributed by atoms with Crippen LogP contribution in [0.1, 0.15) is 34.5 Å². The fourth-order valence-electron chi connectivity index (χ4n) is 5.29. The maximum absolute atomic E-state index is 12.8. The molecule has 0 spiro atoms. The molecule has 2 saturated heterocycles. The Bertz CT molecular complexity index is 1370. The lowest BCUT2D eigenvalue weighted by Crippen LogP contribution is -2.44. The van der Waals surface area contributed by atoms with E-state index in [1.54, 1.807) is 18.5 Å². The van der Waals surface area contributed by atoms with E-state index >= 15 is 0 Å². The molecule has 3 aliphatic rings. The van der Waals surface area contributed by atoms with E-state index in [-0.39, 0.29) is 0 Å². The number of benzene rings is 1. The number of carbonyl (C=O) groups is 2. The number of likely N-dealkylation sites (N-methyl/N-ethyl adjacent to an activating group) is 1. The highest BCUT2D eigenvalue weighted by atomic mass is 16.3. The first kappa shape index (κ1) is 24.4. The molecular weight excluding hydrogens is 480 g/mol. The third kappa shape index (κ3) is 5.07. The van der Waals surface area contributed by atoms with Crippen molar-refractivity contribution < 1.29 is 14.0 Å². The molecule has 38 heavy (non-hydrogen) atoms. The van der Waals surface area contributed by atoms with Gasteiger partial charge >= 0.3 is 0 Å². The highest BCUT2D eigenvalue weighted by molar-refractivity contribution is 6.31. The van der Waals surface area contributed by atoms with Gasteiger partial charge in [0.1, 0.15) is 11.6 Å². The van der Waals surface area contributed by atoms with Crippen LogP contribution in [0.3, 0.4) is 0 Å². The zero-order chi connectivity index (χ0) is 26.1. The van der Waals surface area contributed by atoms with Crippen LogP contribution in [-0.2, 0) is 11.3 Å². The van der Waals surface area contributed by atoms with Gasteiger partial charge in [-0.2, -0.15) is 0 Å². The van der Waals surface area contributed by atoms with E-state index in [1.165, 1.54) is 12.8 Å². The van der Waals surface area contributed by atoms with Crippen molar-refractivity contribution in [1.29, 1.82) is 0 Å². The monoisotopic (exact) mass is 512 g/mol. The zero-order valence-electron chi connectivity index (χ0n) is 21.6. The predicted octanol–water partition coefficient (Wildman–Crippen LogP) is 3.41. The zero-order valence-corrected chi connectivity index (χ0v) is 21.6. The van der Waals surface area contributed by atoms with Crippen LogP contribution in [0.5, 0.6) is 0 Å².